The molecule has 0 saturated carbocycles. The van der Waals surface area contributed by atoms with Crippen LogP contribution in [0.4, 0.5) is 24.7 Å². The summed E-state index contributed by atoms with van der Waals surface area (Å²) in [6, 6.07) is 11.2. The van der Waals surface area contributed by atoms with Crippen molar-refractivity contribution >= 4 is 21.5 Å². The number of sulfonamides is 1. The van der Waals surface area contributed by atoms with Crippen LogP contribution in [0.15, 0.2) is 53.8 Å². The lowest BCUT2D eigenvalue weighted by molar-refractivity contribution is -0.137. The minimum atomic E-state index is -4.63. The first-order valence-electron chi connectivity index (χ1n) is 10.5. The maximum absolute atomic E-state index is 13.8. The van der Waals surface area contributed by atoms with Gasteiger partial charge in [-0.3, -0.25) is 0 Å². The summed E-state index contributed by atoms with van der Waals surface area (Å²) < 4.78 is 65.2. The van der Waals surface area contributed by atoms with Crippen LogP contribution in [-0.2, 0) is 16.2 Å². The molecule has 0 aliphatic carbocycles. The number of pyridine rings is 2. The minimum Gasteiger partial charge on any atom is -0.366 e. The van der Waals surface area contributed by atoms with E-state index in [2.05, 4.69) is 9.97 Å². The Labute approximate surface area is 200 Å². The zero-order valence-electron chi connectivity index (χ0n) is 18.6. The third-order valence-electron chi connectivity index (χ3n) is 5.82. The normalized spacial score (nSPS) is 14.6. The summed E-state index contributed by atoms with van der Waals surface area (Å²) in [6.45, 7) is 3.22. The van der Waals surface area contributed by atoms with Gasteiger partial charge in [0.1, 0.15) is 5.82 Å². The van der Waals surface area contributed by atoms with E-state index in [1.807, 2.05) is 15.9 Å². The van der Waals surface area contributed by atoms with E-state index in [-0.39, 0.29) is 16.2 Å². The molecule has 1 saturated heterocycles. The van der Waals surface area contributed by atoms with Crippen molar-refractivity contribution in [3.05, 3.63) is 65.5 Å². The number of nitrogens with zero attached hydrogens (tertiary/aromatic N) is 5. The number of primary sulfonamides is 1. The average molecular weight is 503 g/mol. The molecule has 0 amide bonds. The number of halogens is 3. The van der Waals surface area contributed by atoms with Gasteiger partial charge < -0.3 is 9.80 Å². The molecule has 1 aromatic carbocycles. The molecule has 8 nitrogen and oxygen atoms in total. The number of aryl methyl sites for hydroxylation is 1. The second-order valence-corrected chi connectivity index (χ2v) is 9.55. The highest BCUT2D eigenvalue weighted by Gasteiger charge is 2.35. The van der Waals surface area contributed by atoms with Gasteiger partial charge in [0.25, 0.3) is 10.0 Å². The monoisotopic (exact) mass is 502 g/mol. The van der Waals surface area contributed by atoms with Crippen LogP contribution in [0.5, 0.6) is 0 Å². The number of nitrogens with two attached hydrogens (primary N) is 1. The fourth-order valence-corrected chi connectivity index (χ4v) is 4.76. The molecule has 3 aromatic rings. The van der Waals surface area contributed by atoms with Crippen molar-refractivity contribution in [2.45, 2.75) is 18.1 Å². The first-order chi connectivity index (χ1) is 16.5. The van der Waals surface area contributed by atoms with Crippen molar-refractivity contribution in [3.63, 3.8) is 0 Å². The predicted octanol–water partition coefficient (Wildman–Crippen LogP) is 3.32. The predicted molar refractivity (Wildman–Crippen MR) is 124 cm³/mol. The summed E-state index contributed by atoms with van der Waals surface area (Å²) in [5, 5.41) is 14.3. The molecular weight excluding hydrogens is 481 g/mol. The fourth-order valence-electron chi connectivity index (χ4n) is 4.07. The van der Waals surface area contributed by atoms with Gasteiger partial charge in [-0.25, -0.2) is 23.5 Å². The molecule has 0 atom stereocenters. The summed E-state index contributed by atoms with van der Waals surface area (Å²) in [6.07, 6.45) is -2.47. The Morgan fingerprint density at radius 3 is 2.34 bits per heavy atom. The quantitative estimate of drug-likeness (QED) is 0.582. The molecule has 1 fully saturated rings. The third kappa shape index (κ3) is 5.06. The van der Waals surface area contributed by atoms with Crippen molar-refractivity contribution < 1.29 is 21.6 Å². The summed E-state index contributed by atoms with van der Waals surface area (Å²) in [4.78, 5) is 11.6. The number of hydrogen-bond acceptors (Lipinski definition) is 7. The van der Waals surface area contributed by atoms with Crippen molar-refractivity contribution in [1.82, 2.24) is 9.97 Å². The maximum atomic E-state index is 13.8. The molecule has 0 spiro atoms. The lowest BCUT2D eigenvalue weighted by Crippen LogP contribution is -2.47. The van der Waals surface area contributed by atoms with Gasteiger partial charge in [-0.2, -0.15) is 18.4 Å². The van der Waals surface area contributed by atoms with E-state index in [4.69, 9.17) is 5.14 Å². The van der Waals surface area contributed by atoms with Gasteiger partial charge in [-0.05, 0) is 53.9 Å². The first kappa shape index (κ1) is 24.4. The number of benzene rings is 1. The molecular formula is C23H21F3N6O2S. The Bertz CT molecular complexity index is 1410. The molecule has 3 heterocycles. The van der Waals surface area contributed by atoms with E-state index in [0.717, 1.165) is 6.20 Å². The van der Waals surface area contributed by atoms with Gasteiger partial charge >= 0.3 is 6.18 Å². The third-order valence-corrected chi connectivity index (χ3v) is 6.67. The van der Waals surface area contributed by atoms with Gasteiger partial charge in [0.2, 0.25) is 0 Å². The Hall–Kier alpha value is -3.69. The number of anilines is 2. The first-order valence-corrected chi connectivity index (χ1v) is 12.1. The van der Waals surface area contributed by atoms with Crippen molar-refractivity contribution in [2.24, 2.45) is 5.14 Å². The largest absolute Gasteiger partial charge is 0.418 e. The number of rotatable bonds is 4. The van der Waals surface area contributed by atoms with Crippen LogP contribution in [-0.4, -0.2) is 44.6 Å². The van der Waals surface area contributed by atoms with Gasteiger partial charge in [-0.1, -0.05) is 6.07 Å². The van der Waals surface area contributed by atoms with Crippen molar-refractivity contribution in [3.8, 4) is 17.2 Å². The Morgan fingerprint density at radius 1 is 1.03 bits per heavy atom. The highest BCUT2D eigenvalue weighted by Crippen LogP contribution is 2.39. The van der Waals surface area contributed by atoms with E-state index in [9.17, 15) is 26.9 Å². The summed E-state index contributed by atoms with van der Waals surface area (Å²) in [5.41, 5.74) is 0.609. The molecule has 2 N–H and O–H groups in total. The van der Waals surface area contributed by atoms with E-state index < -0.39 is 21.8 Å². The van der Waals surface area contributed by atoms with Crippen LogP contribution in [0.1, 0.15) is 16.7 Å². The maximum Gasteiger partial charge on any atom is 0.418 e. The molecule has 12 heteroatoms. The zero-order valence-corrected chi connectivity index (χ0v) is 19.4. The highest BCUT2D eigenvalue weighted by molar-refractivity contribution is 7.89. The second-order valence-electron chi connectivity index (χ2n) is 8.07. The molecule has 1 aliphatic heterocycles. The van der Waals surface area contributed by atoms with E-state index in [1.54, 1.807) is 31.2 Å². The lowest BCUT2D eigenvalue weighted by Gasteiger charge is -2.37. The van der Waals surface area contributed by atoms with Crippen LogP contribution in [0.2, 0.25) is 0 Å². The van der Waals surface area contributed by atoms with Crippen LogP contribution >= 0.6 is 0 Å². The Balaban J connectivity index is 1.66. The summed E-state index contributed by atoms with van der Waals surface area (Å²) in [5.74, 6) is 0.354. The van der Waals surface area contributed by atoms with Crippen molar-refractivity contribution in [1.29, 1.82) is 5.26 Å². The Morgan fingerprint density at radius 2 is 1.71 bits per heavy atom. The molecule has 0 radical (unpaired) electrons. The second kappa shape index (κ2) is 9.16. The number of alkyl halides is 3. The molecule has 4 rings (SSSR count). The van der Waals surface area contributed by atoms with Gasteiger partial charge in [0.05, 0.1) is 22.9 Å². The molecule has 35 heavy (non-hydrogen) atoms. The molecule has 182 valence electrons. The molecule has 2 aromatic heterocycles. The van der Waals surface area contributed by atoms with Crippen LogP contribution in [0.25, 0.3) is 11.1 Å². The molecule has 0 bridgehead atoms. The Kier molecular flexibility index (Phi) is 6.40. The summed E-state index contributed by atoms with van der Waals surface area (Å²) in [7, 11) is -4.02. The van der Waals surface area contributed by atoms with Gasteiger partial charge in [-0.15, -0.1) is 0 Å². The topological polar surface area (TPSA) is 116 Å². The minimum absolute atomic E-state index is 0.0525. The van der Waals surface area contributed by atoms with E-state index >= 15 is 0 Å². The van der Waals surface area contributed by atoms with Crippen LogP contribution in [0.3, 0.4) is 0 Å². The number of hydrogen-bond donors (Lipinski definition) is 1. The molecule has 0 unspecified atom stereocenters. The SMILES string of the molecule is Cc1ccc(C#N)cc1-c1cc(N2CCN(c3cccnc3S(N)(=O)=O)CC2)ncc1C(F)(F)F. The van der Waals surface area contributed by atoms with E-state index in [1.165, 1.54) is 18.3 Å². The molecule has 1 aliphatic rings. The van der Waals surface area contributed by atoms with Crippen LogP contribution in [0, 0.1) is 18.3 Å². The lowest BCUT2D eigenvalue weighted by atomic mass is 9.95. The van der Waals surface area contributed by atoms with Gasteiger partial charge in [0.15, 0.2) is 5.03 Å². The number of nitriles is 1. The highest BCUT2D eigenvalue weighted by atomic mass is 32.2. The van der Waals surface area contributed by atoms with E-state index in [0.29, 0.717) is 48.8 Å². The smallest absolute Gasteiger partial charge is 0.366 e. The fraction of sp³-hybridized carbons (Fsp3) is 0.261. The standard InChI is InChI=1S/C23H21F3N6O2S/c1-15-4-5-16(13-27)11-17(15)18-12-21(30-14-19(18)23(24,25)26)32-9-7-31(8-10-32)20-3-2-6-29-22(20)35(28,33)34/h2-6,11-12,14H,7-10H2,1H3,(H2,28,33,34). The number of piperazine rings is 1. The average Bonchev–Trinajstić information content (AvgIpc) is 2.83. The zero-order chi connectivity index (χ0) is 25.4. The van der Waals surface area contributed by atoms with Gasteiger partial charge in [0, 0.05) is 38.6 Å². The van der Waals surface area contributed by atoms with Crippen molar-refractivity contribution in [2.75, 3.05) is 36.0 Å². The van der Waals surface area contributed by atoms with Crippen LogP contribution < -0.4 is 14.9 Å². The summed E-state index contributed by atoms with van der Waals surface area (Å²) >= 11 is 0. The number of aromatic nitrogens is 2.